The number of hydrogen-bond acceptors (Lipinski definition) is 6. The van der Waals surface area contributed by atoms with Crippen LogP contribution in [0.15, 0.2) is 36.8 Å². The van der Waals surface area contributed by atoms with Gasteiger partial charge < -0.3 is 10.0 Å². The number of phenolic OH excluding ortho intramolecular Hbond substituents is 1. The molecule has 7 heteroatoms. The molecule has 0 radical (unpaired) electrons. The Labute approximate surface area is 144 Å². The SMILES string of the molecule is CN(c1ncc(-c2cc3ccncc3cc2O)nn1)[C@H]1CCC[C@H]1F. The van der Waals surface area contributed by atoms with Gasteiger partial charge in [-0.1, -0.05) is 0 Å². The van der Waals surface area contributed by atoms with E-state index < -0.39 is 6.17 Å². The molecule has 1 aromatic carbocycles. The smallest absolute Gasteiger partial charge is 0.245 e. The minimum atomic E-state index is -0.855. The Morgan fingerprint density at radius 2 is 2.04 bits per heavy atom. The van der Waals surface area contributed by atoms with Crippen LogP contribution < -0.4 is 4.90 Å². The summed E-state index contributed by atoms with van der Waals surface area (Å²) in [6, 6.07) is 5.14. The Balaban J connectivity index is 1.65. The van der Waals surface area contributed by atoms with Gasteiger partial charge in [-0.25, -0.2) is 9.37 Å². The van der Waals surface area contributed by atoms with Crippen molar-refractivity contribution in [2.45, 2.75) is 31.5 Å². The van der Waals surface area contributed by atoms with Gasteiger partial charge in [-0.05, 0) is 42.8 Å². The zero-order chi connectivity index (χ0) is 17.4. The molecule has 2 heterocycles. The lowest BCUT2D eigenvalue weighted by Crippen LogP contribution is -2.36. The van der Waals surface area contributed by atoms with E-state index in [-0.39, 0.29) is 11.8 Å². The van der Waals surface area contributed by atoms with Gasteiger partial charge in [0.05, 0.1) is 12.2 Å². The molecule has 0 amide bonds. The molecule has 0 saturated heterocycles. The quantitative estimate of drug-likeness (QED) is 0.790. The fourth-order valence-corrected chi connectivity index (χ4v) is 3.36. The van der Waals surface area contributed by atoms with Gasteiger partial charge in [0, 0.05) is 30.4 Å². The summed E-state index contributed by atoms with van der Waals surface area (Å²) < 4.78 is 13.9. The summed E-state index contributed by atoms with van der Waals surface area (Å²) in [6.45, 7) is 0. The highest BCUT2D eigenvalue weighted by atomic mass is 19.1. The molecule has 3 aromatic rings. The first kappa shape index (κ1) is 15.7. The van der Waals surface area contributed by atoms with E-state index >= 15 is 0 Å². The lowest BCUT2D eigenvalue weighted by Gasteiger charge is -2.25. The van der Waals surface area contributed by atoms with Crippen LogP contribution in [0.2, 0.25) is 0 Å². The van der Waals surface area contributed by atoms with E-state index in [9.17, 15) is 9.50 Å². The number of benzene rings is 1. The number of phenols is 1. The zero-order valence-corrected chi connectivity index (χ0v) is 13.8. The Morgan fingerprint density at radius 1 is 1.16 bits per heavy atom. The van der Waals surface area contributed by atoms with Gasteiger partial charge >= 0.3 is 0 Å². The minimum Gasteiger partial charge on any atom is -0.507 e. The molecule has 0 bridgehead atoms. The average Bonchev–Trinajstić information content (AvgIpc) is 3.06. The zero-order valence-electron chi connectivity index (χ0n) is 13.8. The molecule has 2 aromatic heterocycles. The molecule has 4 rings (SSSR count). The van der Waals surface area contributed by atoms with Crippen molar-refractivity contribution in [1.29, 1.82) is 0 Å². The lowest BCUT2D eigenvalue weighted by molar-refractivity contribution is 0.305. The molecular weight excluding hydrogens is 321 g/mol. The van der Waals surface area contributed by atoms with Crippen molar-refractivity contribution in [3.63, 3.8) is 0 Å². The van der Waals surface area contributed by atoms with Crippen molar-refractivity contribution in [3.05, 3.63) is 36.8 Å². The van der Waals surface area contributed by atoms with Gasteiger partial charge in [-0.3, -0.25) is 4.98 Å². The average molecular weight is 339 g/mol. The van der Waals surface area contributed by atoms with Crippen molar-refractivity contribution in [2.75, 3.05) is 11.9 Å². The van der Waals surface area contributed by atoms with Crippen LogP contribution >= 0.6 is 0 Å². The second kappa shape index (κ2) is 6.23. The fraction of sp³-hybridized carbons (Fsp3) is 0.333. The number of anilines is 1. The maximum Gasteiger partial charge on any atom is 0.245 e. The van der Waals surface area contributed by atoms with Crippen LogP contribution in [-0.4, -0.2) is 44.5 Å². The molecule has 128 valence electrons. The van der Waals surface area contributed by atoms with E-state index in [1.807, 2.05) is 12.1 Å². The Hall–Kier alpha value is -2.83. The topological polar surface area (TPSA) is 75.0 Å². The number of pyridine rings is 1. The number of fused-ring (bicyclic) bond motifs is 1. The molecule has 25 heavy (non-hydrogen) atoms. The van der Waals surface area contributed by atoms with E-state index in [1.165, 1.54) is 0 Å². The van der Waals surface area contributed by atoms with E-state index in [0.717, 1.165) is 23.6 Å². The number of halogens is 1. The number of aromatic nitrogens is 4. The van der Waals surface area contributed by atoms with Crippen LogP contribution in [0.5, 0.6) is 5.75 Å². The van der Waals surface area contributed by atoms with Crippen molar-refractivity contribution < 1.29 is 9.50 Å². The summed E-state index contributed by atoms with van der Waals surface area (Å²) in [6.07, 6.45) is 6.34. The maximum atomic E-state index is 13.9. The summed E-state index contributed by atoms with van der Waals surface area (Å²) in [5, 5.41) is 20.4. The van der Waals surface area contributed by atoms with E-state index in [0.29, 0.717) is 23.6 Å². The fourth-order valence-electron chi connectivity index (χ4n) is 3.36. The normalized spacial score (nSPS) is 20.1. The molecular formula is C18H18FN5O. The number of alkyl halides is 1. The summed E-state index contributed by atoms with van der Waals surface area (Å²) >= 11 is 0. The van der Waals surface area contributed by atoms with Crippen LogP contribution in [0.1, 0.15) is 19.3 Å². The number of nitrogens with zero attached hydrogens (tertiary/aromatic N) is 5. The second-order valence-corrected chi connectivity index (χ2v) is 6.36. The first-order valence-electron chi connectivity index (χ1n) is 8.27. The van der Waals surface area contributed by atoms with Crippen LogP contribution in [-0.2, 0) is 0 Å². The second-order valence-electron chi connectivity index (χ2n) is 6.36. The Kier molecular flexibility index (Phi) is 3.91. The third-order valence-corrected chi connectivity index (χ3v) is 4.79. The first-order valence-corrected chi connectivity index (χ1v) is 8.27. The summed E-state index contributed by atoms with van der Waals surface area (Å²) in [4.78, 5) is 10.1. The van der Waals surface area contributed by atoms with E-state index in [4.69, 9.17) is 0 Å². The summed E-state index contributed by atoms with van der Waals surface area (Å²) in [5.41, 5.74) is 1.02. The largest absolute Gasteiger partial charge is 0.507 e. The summed E-state index contributed by atoms with van der Waals surface area (Å²) in [7, 11) is 1.79. The molecule has 0 aliphatic heterocycles. The standard InChI is InChI=1S/C18H18FN5O/c1-24(16-4-2-3-14(16)19)18-21-10-15(22-23-18)13-7-11-5-6-20-9-12(11)8-17(13)25/h5-10,14,16,25H,2-4H2,1H3/t14-,16+/m1/s1. The summed E-state index contributed by atoms with van der Waals surface area (Å²) in [5.74, 6) is 0.486. The highest BCUT2D eigenvalue weighted by Crippen LogP contribution is 2.32. The molecule has 6 nitrogen and oxygen atoms in total. The van der Waals surface area contributed by atoms with Crippen molar-refractivity contribution in [1.82, 2.24) is 20.2 Å². The molecule has 0 spiro atoms. The van der Waals surface area contributed by atoms with Crippen LogP contribution in [0, 0.1) is 0 Å². The molecule has 2 atom stereocenters. The highest BCUT2D eigenvalue weighted by molar-refractivity contribution is 5.89. The van der Waals surface area contributed by atoms with Crippen molar-refractivity contribution in [2.24, 2.45) is 0 Å². The predicted octanol–water partition coefficient (Wildman–Crippen LogP) is 3.12. The number of rotatable bonds is 3. The maximum absolute atomic E-state index is 13.9. The minimum absolute atomic E-state index is 0.0947. The van der Waals surface area contributed by atoms with Crippen LogP contribution in [0.25, 0.3) is 22.0 Å². The van der Waals surface area contributed by atoms with Gasteiger partial charge in [0.25, 0.3) is 0 Å². The molecule has 0 unspecified atom stereocenters. The van der Waals surface area contributed by atoms with Gasteiger partial charge in [-0.2, -0.15) is 0 Å². The van der Waals surface area contributed by atoms with Gasteiger partial charge in [0.2, 0.25) is 5.95 Å². The number of aromatic hydroxyl groups is 1. The van der Waals surface area contributed by atoms with Crippen LogP contribution in [0.4, 0.5) is 10.3 Å². The monoisotopic (exact) mass is 339 g/mol. The van der Waals surface area contributed by atoms with E-state index in [1.54, 1.807) is 36.6 Å². The number of hydrogen-bond donors (Lipinski definition) is 1. The lowest BCUT2D eigenvalue weighted by atomic mass is 10.1. The van der Waals surface area contributed by atoms with Crippen LogP contribution in [0.3, 0.4) is 0 Å². The third kappa shape index (κ3) is 2.86. The van der Waals surface area contributed by atoms with Gasteiger partial charge in [0.1, 0.15) is 17.6 Å². The molecule has 1 aliphatic carbocycles. The van der Waals surface area contributed by atoms with E-state index in [2.05, 4.69) is 20.2 Å². The van der Waals surface area contributed by atoms with Crippen molar-refractivity contribution >= 4 is 16.7 Å². The Morgan fingerprint density at radius 3 is 2.76 bits per heavy atom. The molecule has 1 fully saturated rings. The van der Waals surface area contributed by atoms with Gasteiger partial charge in [0.15, 0.2) is 0 Å². The predicted molar refractivity (Wildman–Crippen MR) is 93.2 cm³/mol. The highest BCUT2D eigenvalue weighted by Gasteiger charge is 2.31. The molecule has 1 saturated carbocycles. The molecule has 1 N–H and O–H groups in total. The first-order chi connectivity index (χ1) is 12.1. The van der Waals surface area contributed by atoms with Gasteiger partial charge in [-0.15, -0.1) is 10.2 Å². The third-order valence-electron chi connectivity index (χ3n) is 4.79. The van der Waals surface area contributed by atoms with Crippen molar-refractivity contribution in [3.8, 4) is 17.0 Å². The Bertz CT molecular complexity index is 902. The molecule has 1 aliphatic rings.